The smallest absolute Gasteiger partial charge is 0.463 e. The summed E-state index contributed by atoms with van der Waals surface area (Å²) in [6.07, 6.45) is -4.59. The van der Waals surface area contributed by atoms with Gasteiger partial charge in [-0.25, -0.2) is 4.79 Å². The van der Waals surface area contributed by atoms with Crippen molar-refractivity contribution in [1.29, 1.82) is 0 Å². The topological polar surface area (TPSA) is 147 Å². The van der Waals surface area contributed by atoms with Crippen LogP contribution in [0.2, 0.25) is 0 Å². The van der Waals surface area contributed by atoms with Gasteiger partial charge in [0.2, 0.25) is 12.3 Å². The van der Waals surface area contributed by atoms with Crippen LogP contribution in [-0.4, -0.2) is 63.8 Å². The van der Waals surface area contributed by atoms with Gasteiger partial charge in [-0.2, -0.15) is 27.7 Å². The number of ether oxygens (including phenoxy) is 2. The fourth-order valence-electron chi connectivity index (χ4n) is 3.89. The molecule has 2 saturated heterocycles. The van der Waals surface area contributed by atoms with Crippen LogP contribution in [0.4, 0.5) is 14.6 Å². The lowest BCUT2D eigenvalue weighted by atomic mass is 10.1. The maximum absolute atomic E-state index is 15.4. The molecule has 12 nitrogen and oxygen atoms in total. The number of nitrogens with zero attached hydrogens (tertiary/aromatic N) is 2. The van der Waals surface area contributed by atoms with E-state index >= 15 is 8.78 Å². The molecule has 2 aliphatic heterocycles. The average molecular weight is 572 g/mol. The highest BCUT2D eigenvalue weighted by Gasteiger charge is 2.70. The number of esters is 1. The second-order valence-corrected chi connectivity index (χ2v) is 11.0. The summed E-state index contributed by atoms with van der Waals surface area (Å²) < 4.78 is 57.4. The summed E-state index contributed by atoms with van der Waals surface area (Å²) in [4.78, 5) is 51.1. The number of carbonyl (C=O) groups is 2. The summed E-state index contributed by atoms with van der Waals surface area (Å²) in [7, 11) is -4.17. The highest BCUT2D eigenvalue weighted by atomic mass is 31.2. The van der Waals surface area contributed by atoms with Crippen molar-refractivity contribution in [3.05, 3.63) is 58.6 Å². The largest absolute Gasteiger partial charge is 0.573 e. The van der Waals surface area contributed by atoms with Crippen molar-refractivity contribution in [2.45, 2.75) is 57.7 Å². The molecule has 0 bridgehead atoms. The first-order valence-corrected chi connectivity index (χ1v) is 13.7. The average Bonchev–Trinajstić information content (AvgIpc) is 3.13. The van der Waals surface area contributed by atoms with Crippen LogP contribution in [0.5, 0.6) is 0 Å². The summed E-state index contributed by atoms with van der Waals surface area (Å²) in [6, 6.07) is 9.34. The minimum Gasteiger partial charge on any atom is -0.463 e. The van der Waals surface area contributed by atoms with Gasteiger partial charge < -0.3 is 14.8 Å². The van der Waals surface area contributed by atoms with E-state index in [1.54, 1.807) is 51.1 Å². The van der Waals surface area contributed by atoms with Crippen LogP contribution in [0.25, 0.3) is 0 Å². The summed E-state index contributed by atoms with van der Waals surface area (Å²) >= 11 is 0. The van der Waals surface area contributed by atoms with Crippen LogP contribution in [0.15, 0.2) is 47.4 Å². The third-order valence-corrected chi connectivity index (χ3v) is 7.40. The van der Waals surface area contributed by atoms with Gasteiger partial charge in [0.25, 0.3) is 5.91 Å². The van der Waals surface area contributed by atoms with E-state index in [1.807, 2.05) is 0 Å². The molecule has 0 radical (unpaired) electrons. The van der Waals surface area contributed by atoms with E-state index in [1.165, 1.54) is 6.07 Å². The predicted octanol–water partition coefficient (Wildman–Crippen LogP) is 3.11. The lowest BCUT2D eigenvalue weighted by Gasteiger charge is -2.28. The van der Waals surface area contributed by atoms with Crippen molar-refractivity contribution in [2.24, 2.45) is 5.92 Å². The van der Waals surface area contributed by atoms with Gasteiger partial charge in [-0.15, -0.1) is 4.52 Å². The third-order valence-electron chi connectivity index (χ3n) is 5.92. The Morgan fingerprint density at radius 2 is 1.97 bits per heavy atom. The number of halogens is 2. The number of fused-ring (bicyclic) bond motifs is 1. The molecule has 1 amide bonds. The van der Waals surface area contributed by atoms with Crippen molar-refractivity contribution < 1.29 is 46.3 Å². The monoisotopic (exact) mass is 572 g/mol. The zero-order chi connectivity index (χ0) is 28.4. The van der Waals surface area contributed by atoms with E-state index in [9.17, 15) is 19.3 Å². The molecule has 1 unspecified atom stereocenters. The van der Waals surface area contributed by atoms with Crippen LogP contribution >= 0.6 is 8.17 Å². The number of aromatic nitrogens is 2. The number of carbonyl (C=O) groups excluding carboxylic acids is 2. The Hall–Kier alpha value is -2.87. The second-order valence-electron chi connectivity index (χ2n) is 9.32. The Kier molecular flexibility index (Phi) is 8.74. The van der Waals surface area contributed by atoms with Gasteiger partial charge in [0, 0.05) is 11.8 Å². The molecule has 1 aromatic carbocycles. The maximum Gasteiger partial charge on any atom is 0.573 e. The minimum atomic E-state index is -4.17. The van der Waals surface area contributed by atoms with Crippen LogP contribution in [0, 0.1) is 5.92 Å². The van der Waals surface area contributed by atoms with E-state index in [0.29, 0.717) is 10.1 Å². The molecular formula is C24H29F2N3O9P+. The number of anilines is 1. The normalized spacial score (nSPS) is 26.6. The fourth-order valence-corrected chi connectivity index (χ4v) is 5.32. The van der Waals surface area contributed by atoms with Crippen LogP contribution in [-0.2, 0) is 27.8 Å². The Morgan fingerprint density at radius 3 is 2.64 bits per heavy atom. The first-order chi connectivity index (χ1) is 18.4. The molecule has 5 atom stereocenters. The van der Waals surface area contributed by atoms with Crippen LogP contribution in [0.3, 0.4) is 0 Å². The predicted molar refractivity (Wildman–Crippen MR) is 133 cm³/mol. The lowest BCUT2D eigenvalue weighted by Crippen LogP contribution is -2.46. The summed E-state index contributed by atoms with van der Waals surface area (Å²) in [5.41, 5.74) is -0.785. The van der Waals surface area contributed by atoms with E-state index in [0.717, 1.165) is 6.20 Å². The Balaban J connectivity index is 1.39. The molecule has 1 aromatic heterocycles. The van der Waals surface area contributed by atoms with E-state index in [2.05, 4.69) is 10.3 Å². The number of hydrogen-bond donors (Lipinski definition) is 2. The number of amides is 1. The van der Waals surface area contributed by atoms with Gasteiger partial charge in [0.15, 0.2) is 0 Å². The first kappa shape index (κ1) is 29.1. The molecule has 4 rings (SSSR count). The molecule has 2 aliphatic rings. The van der Waals surface area contributed by atoms with E-state index in [4.69, 9.17) is 23.0 Å². The van der Waals surface area contributed by atoms with Crippen LogP contribution in [0.1, 0.15) is 43.8 Å². The van der Waals surface area contributed by atoms with E-state index in [-0.39, 0.29) is 24.9 Å². The van der Waals surface area contributed by atoms with Gasteiger partial charge in [0.05, 0.1) is 12.0 Å². The van der Waals surface area contributed by atoms with Crippen molar-refractivity contribution in [3.8, 4) is 0 Å². The van der Waals surface area contributed by atoms with Crippen molar-refractivity contribution in [3.63, 3.8) is 0 Å². The van der Waals surface area contributed by atoms with Crippen molar-refractivity contribution >= 4 is 25.9 Å². The first-order valence-electron chi connectivity index (χ1n) is 12.2. The minimum absolute atomic E-state index is 0.123. The Bertz CT molecular complexity index is 1250. The summed E-state index contributed by atoms with van der Waals surface area (Å²) in [6.45, 7) is 4.30. The quantitative estimate of drug-likeness (QED) is 0.339. The zero-order valence-electron chi connectivity index (χ0n) is 21.4. The SMILES string of the molecule is CC(C)OC(=O)[C@H](C)CCO[P+]1(O)OC[C@H]2O[C@@H](n3ccc(NC(=O)c4ccccc4)nc3=O)C(F)(F)[C@@H]2O1. The molecule has 0 aliphatic carbocycles. The number of nitrogens with one attached hydrogen (secondary N) is 1. The number of rotatable bonds is 9. The summed E-state index contributed by atoms with van der Waals surface area (Å²) in [5, 5.41) is 2.43. The van der Waals surface area contributed by atoms with Gasteiger partial charge in [0.1, 0.15) is 25.1 Å². The lowest BCUT2D eigenvalue weighted by molar-refractivity contribution is -0.152. The van der Waals surface area contributed by atoms with Crippen molar-refractivity contribution in [2.75, 3.05) is 18.5 Å². The molecule has 39 heavy (non-hydrogen) atoms. The highest BCUT2D eigenvalue weighted by molar-refractivity contribution is 7.55. The maximum atomic E-state index is 15.4. The van der Waals surface area contributed by atoms with E-state index < -0.39 is 62.6 Å². The molecule has 2 fully saturated rings. The fraction of sp³-hybridized carbons (Fsp3) is 0.500. The molecule has 2 aromatic rings. The highest BCUT2D eigenvalue weighted by Crippen LogP contribution is 2.65. The number of alkyl halides is 2. The molecule has 212 valence electrons. The molecular weight excluding hydrogens is 543 g/mol. The molecule has 0 saturated carbocycles. The Labute approximate surface area is 222 Å². The molecule has 3 heterocycles. The third kappa shape index (κ3) is 6.65. The number of benzene rings is 1. The van der Waals surface area contributed by atoms with Gasteiger partial charge >= 0.3 is 25.8 Å². The Morgan fingerprint density at radius 1 is 1.26 bits per heavy atom. The molecule has 0 spiro atoms. The zero-order valence-corrected chi connectivity index (χ0v) is 22.3. The van der Waals surface area contributed by atoms with Crippen molar-refractivity contribution in [1.82, 2.24) is 9.55 Å². The second kappa shape index (κ2) is 11.7. The summed E-state index contributed by atoms with van der Waals surface area (Å²) in [5.74, 6) is -5.50. The standard InChI is InChI=1S/C24H28F2N3O9P/c1-14(2)36-21(31)15(3)10-12-34-39(33)35-13-17-19(38-39)24(25,26)22(37-17)29-11-9-18(28-23(29)32)27-20(30)16-7-5-4-6-8-16/h4-9,11,14-15,17,19,22,33H,10,12-13H2,1-3H3/p+1/t15-,17-,19-,22-,39?/m1/s1. The molecule has 15 heteroatoms. The van der Waals surface area contributed by atoms with Crippen LogP contribution < -0.4 is 11.0 Å². The van der Waals surface area contributed by atoms with Gasteiger partial charge in [-0.1, -0.05) is 25.1 Å². The molecule has 2 N–H and O–H groups in total. The number of hydrogen-bond acceptors (Lipinski definition) is 10. The van der Waals surface area contributed by atoms with Gasteiger partial charge in [-0.3, -0.25) is 14.2 Å². The van der Waals surface area contributed by atoms with Gasteiger partial charge in [-0.05, 0) is 38.5 Å².